The lowest BCUT2D eigenvalue weighted by atomic mass is 10.2. The summed E-state index contributed by atoms with van der Waals surface area (Å²) in [5.41, 5.74) is 5.65. The van der Waals surface area contributed by atoms with Crippen molar-refractivity contribution >= 4 is 11.6 Å². The molecule has 1 unspecified atom stereocenters. The van der Waals surface area contributed by atoms with Crippen LogP contribution in [0.25, 0.3) is 0 Å². The summed E-state index contributed by atoms with van der Waals surface area (Å²) >= 11 is 0. The third-order valence-electron chi connectivity index (χ3n) is 2.25. The van der Waals surface area contributed by atoms with Crippen molar-refractivity contribution in [2.75, 3.05) is 5.32 Å². The Morgan fingerprint density at radius 2 is 2.15 bits per heavy atom. The Morgan fingerprint density at radius 3 is 2.70 bits per heavy atom. The van der Waals surface area contributed by atoms with Crippen molar-refractivity contribution in [3.63, 3.8) is 0 Å². The number of nitrogens with one attached hydrogen (secondary N) is 1. The van der Waals surface area contributed by atoms with Crippen molar-refractivity contribution in [1.29, 1.82) is 0 Å². The van der Waals surface area contributed by atoms with Gasteiger partial charge >= 0.3 is 6.36 Å². The Hall–Kier alpha value is -2.36. The fourth-order valence-corrected chi connectivity index (χ4v) is 1.37. The van der Waals surface area contributed by atoms with E-state index in [9.17, 15) is 13.2 Å². The number of halogens is 3. The quantitative estimate of drug-likeness (QED) is 0.508. The van der Waals surface area contributed by atoms with Gasteiger partial charge in [0.05, 0.1) is 5.69 Å². The fraction of sp³-hybridized carbons (Fsp3) is 0.308. The zero-order chi connectivity index (χ0) is 15.2. The summed E-state index contributed by atoms with van der Waals surface area (Å²) in [6.07, 6.45) is 1.01. The number of alkyl halides is 3. The molecule has 1 atom stereocenters. The summed E-state index contributed by atoms with van der Waals surface area (Å²) in [4.78, 5) is 3.96. The van der Waals surface area contributed by atoms with Gasteiger partial charge in [0.1, 0.15) is 6.04 Å². The second kappa shape index (κ2) is 6.70. The Morgan fingerprint density at radius 1 is 1.50 bits per heavy atom. The molecule has 0 radical (unpaired) electrons. The van der Waals surface area contributed by atoms with Crippen LogP contribution in [0.5, 0.6) is 5.75 Å². The highest BCUT2D eigenvalue weighted by molar-refractivity contribution is 5.93. The molecule has 0 amide bonds. The number of nitrogens with zero attached hydrogens (tertiary/aromatic N) is 1. The van der Waals surface area contributed by atoms with E-state index in [2.05, 4.69) is 21.0 Å². The number of hydrogen-bond donors (Lipinski definition) is 2. The summed E-state index contributed by atoms with van der Waals surface area (Å²) < 4.78 is 40.6. The Kier molecular flexibility index (Phi) is 5.26. The van der Waals surface area contributed by atoms with Crippen molar-refractivity contribution in [3.05, 3.63) is 24.3 Å². The summed E-state index contributed by atoms with van der Waals surface area (Å²) in [6, 6.07) is 5.08. The van der Waals surface area contributed by atoms with Gasteiger partial charge in [-0.25, -0.2) is 4.99 Å². The number of hydrogen-bond acceptors (Lipinski definition) is 2. The molecule has 0 aliphatic heterocycles. The average molecular weight is 285 g/mol. The molecule has 0 aromatic heterocycles. The molecule has 20 heavy (non-hydrogen) atoms. The van der Waals surface area contributed by atoms with Gasteiger partial charge in [0, 0.05) is 0 Å². The highest BCUT2D eigenvalue weighted by Crippen LogP contribution is 2.29. The lowest BCUT2D eigenvalue weighted by Crippen LogP contribution is -2.26. The minimum Gasteiger partial charge on any atom is -0.404 e. The summed E-state index contributed by atoms with van der Waals surface area (Å²) in [7, 11) is 0. The molecular weight excluding hydrogens is 271 g/mol. The monoisotopic (exact) mass is 285 g/mol. The SMILES string of the molecule is C#CC(CC)N=C(N)Nc1ccccc1OC(F)(F)F. The number of ether oxygens (including phenoxy) is 1. The minimum absolute atomic E-state index is 0.0537. The van der Waals surface area contributed by atoms with Crippen molar-refractivity contribution < 1.29 is 17.9 Å². The Bertz CT molecular complexity index is 520. The molecule has 4 nitrogen and oxygen atoms in total. The molecule has 3 N–H and O–H groups in total. The van der Waals surface area contributed by atoms with Crippen LogP contribution in [0.3, 0.4) is 0 Å². The number of benzene rings is 1. The molecule has 108 valence electrons. The molecule has 0 bridgehead atoms. The van der Waals surface area contributed by atoms with E-state index in [1.807, 2.05) is 6.92 Å². The maximum atomic E-state index is 12.2. The number of rotatable bonds is 4. The van der Waals surface area contributed by atoms with E-state index in [-0.39, 0.29) is 11.6 Å². The summed E-state index contributed by atoms with van der Waals surface area (Å²) in [5.74, 6) is 1.93. The molecule has 1 aromatic rings. The summed E-state index contributed by atoms with van der Waals surface area (Å²) in [6.45, 7) is 1.82. The first-order chi connectivity index (χ1) is 9.35. The van der Waals surface area contributed by atoms with E-state index in [4.69, 9.17) is 12.2 Å². The van der Waals surface area contributed by atoms with Gasteiger partial charge in [0.15, 0.2) is 11.7 Å². The van der Waals surface area contributed by atoms with Gasteiger partial charge in [-0.2, -0.15) is 0 Å². The number of terminal acetylenes is 1. The number of para-hydroxylation sites is 2. The van der Waals surface area contributed by atoms with Gasteiger partial charge in [-0.05, 0) is 18.6 Å². The van der Waals surface area contributed by atoms with Gasteiger partial charge in [0.2, 0.25) is 0 Å². The van der Waals surface area contributed by atoms with Crippen LogP contribution in [0.4, 0.5) is 18.9 Å². The molecule has 7 heteroatoms. The highest BCUT2D eigenvalue weighted by atomic mass is 19.4. The predicted molar refractivity (Wildman–Crippen MR) is 71.3 cm³/mol. The molecule has 0 saturated heterocycles. The van der Waals surface area contributed by atoms with Crippen molar-refractivity contribution in [3.8, 4) is 18.1 Å². The lowest BCUT2D eigenvalue weighted by molar-refractivity contribution is -0.274. The van der Waals surface area contributed by atoms with Crippen LogP contribution < -0.4 is 15.8 Å². The van der Waals surface area contributed by atoms with Crippen LogP contribution in [0, 0.1) is 12.3 Å². The Balaban J connectivity index is 2.90. The first kappa shape index (κ1) is 15.7. The van der Waals surface area contributed by atoms with E-state index in [1.54, 1.807) is 0 Å². The molecular formula is C13H14F3N3O. The molecule has 0 spiro atoms. The highest BCUT2D eigenvalue weighted by Gasteiger charge is 2.32. The van der Waals surface area contributed by atoms with E-state index in [1.165, 1.54) is 24.3 Å². The largest absolute Gasteiger partial charge is 0.573 e. The van der Waals surface area contributed by atoms with Gasteiger partial charge in [-0.1, -0.05) is 25.0 Å². The third kappa shape index (κ3) is 5.10. The normalized spacial score (nSPS) is 13.4. The molecule has 0 aliphatic carbocycles. The standard InChI is InChI=1S/C13H14F3N3O/c1-3-9(4-2)18-12(17)19-10-7-5-6-8-11(10)20-13(14,15)16/h1,5-9H,4H2,2H3,(H3,17,18,19). The first-order valence-electron chi connectivity index (χ1n) is 5.77. The van der Waals surface area contributed by atoms with Gasteiger partial charge < -0.3 is 15.8 Å². The Labute approximate surface area is 114 Å². The topological polar surface area (TPSA) is 59.6 Å². The van der Waals surface area contributed by atoms with Crippen molar-refractivity contribution in [2.24, 2.45) is 10.7 Å². The molecule has 0 aliphatic rings. The van der Waals surface area contributed by atoms with Gasteiger partial charge in [-0.15, -0.1) is 19.6 Å². The number of anilines is 1. The van der Waals surface area contributed by atoms with E-state index < -0.39 is 18.2 Å². The molecule has 0 heterocycles. The van der Waals surface area contributed by atoms with Crippen LogP contribution in [0.1, 0.15) is 13.3 Å². The predicted octanol–water partition coefficient (Wildman–Crippen LogP) is 2.72. The van der Waals surface area contributed by atoms with Crippen LogP contribution in [-0.4, -0.2) is 18.4 Å². The van der Waals surface area contributed by atoms with Crippen molar-refractivity contribution in [1.82, 2.24) is 0 Å². The second-order valence-electron chi connectivity index (χ2n) is 3.77. The molecule has 0 fully saturated rings. The van der Waals surface area contributed by atoms with Crippen LogP contribution in [0.2, 0.25) is 0 Å². The maximum Gasteiger partial charge on any atom is 0.573 e. The van der Waals surface area contributed by atoms with Crippen LogP contribution in [-0.2, 0) is 0 Å². The molecule has 1 rings (SSSR count). The molecule has 0 saturated carbocycles. The van der Waals surface area contributed by atoms with E-state index in [0.29, 0.717) is 6.42 Å². The van der Waals surface area contributed by atoms with Gasteiger partial charge in [0.25, 0.3) is 0 Å². The second-order valence-corrected chi connectivity index (χ2v) is 3.77. The lowest BCUT2D eigenvalue weighted by Gasteiger charge is -2.14. The smallest absolute Gasteiger partial charge is 0.404 e. The van der Waals surface area contributed by atoms with Crippen molar-refractivity contribution in [2.45, 2.75) is 25.7 Å². The zero-order valence-corrected chi connectivity index (χ0v) is 10.7. The number of aliphatic imine (C=N–C) groups is 1. The zero-order valence-electron chi connectivity index (χ0n) is 10.7. The fourth-order valence-electron chi connectivity index (χ4n) is 1.37. The number of guanidine groups is 1. The molecule has 1 aromatic carbocycles. The minimum atomic E-state index is -4.78. The van der Waals surface area contributed by atoms with Crippen LogP contribution in [0.15, 0.2) is 29.3 Å². The van der Waals surface area contributed by atoms with Gasteiger partial charge in [-0.3, -0.25) is 0 Å². The van der Waals surface area contributed by atoms with E-state index >= 15 is 0 Å². The van der Waals surface area contributed by atoms with E-state index in [0.717, 1.165) is 0 Å². The third-order valence-corrected chi connectivity index (χ3v) is 2.25. The van der Waals surface area contributed by atoms with Crippen LogP contribution >= 0.6 is 0 Å². The summed E-state index contributed by atoms with van der Waals surface area (Å²) in [5, 5.41) is 2.54. The first-order valence-corrected chi connectivity index (χ1v) is 5.77. The maximum absolute atomic E-state index is 12.2. The number of nitrogens with two attached hydrogens (primary N) is 1. The average Bonchev–Trinajstić information content (AvgIpc) is 2.36.